The number of methoxy groups -OCH3 is 2. The van der Waals surface area contributed by atoms with Crippen LogP contribution in [-0.2, 0) is 10.3 Å². The van der Waals surface area contributed by atoms with E-state index < -0.39 is 5.60 Å². The molecule has 1 fully saturated rings. The molecule has 14 heavy (non-hydrogen) atoms. The second-order valence-electron chi connectivity index (χ2n) is 3.52. The van der Waals surface area contributed by atoms with Crippen LogP contribution in [0.15, 0.2) is 18.2 Å². The lowest BCUT2D eigenvalue weighted by Gasteiger charge is -2.17. The lowest BCUT2D eigenvalue weighted by atomic mass is 10.1. The number of benzene rings is 1. The minimum absolute atomic E-state index is 0.247. The molecule has 0 spiro atoms. The highest BCUT2D eigenvalue weighted by molar-refractivity contribution is 5.42. The molecule has 0 radical (unpaired) electrons. The van der Waals surface area contributed by atoms with Gasteiger partial charge in [0.2, 0.25) is 0 Å². The fourth-order valence-electron chi connectivity index (χ4n) is 1.79. The highest BCUT2D eigenvalue weighted by Gasteiger charge is 2.48. The van der Waals surface area contributed by atoms with Crippen LogP contribution < -0.4 is 4.74 Å². The Balaban J connectivity index is 2.50. The predicted octanol–water partition coefficient (Wildman–Crippen LogP) is 2.47. The van der Waals surface area contributed by atoms with Gasteiger partial charge in [0.15, 0.2) is 0 Å². The Morgan fingerprint density at radius 2 is 2.00 bits per heavy atom. The number of halogens is 1. The molecule has 2 rings (SSSR count). The Kier molecular flexibility index (Phi) is 2.19. The van der Waals surface area contributed by atoms with Crippen molar-refractivity contribution in [3.05, 3.63) is 29.6 Å². The molecule has 0 bridgehead atoms. The van der Waals surface area contributed by atoms with Crippen LogP contribution in [0.4, 0.5) is 4.39 Å². The molecule has 0 aromatic heterocycles. The number of rotatable bonds is 3. The molecular formula is C11H13FO2. The Bertz CT molecular complexity index is 345. The standard InChI is InChI=1S/C11H13FO2/c1-13-9-5-3-4-8(12)10(9)11(14-2)6-7-11/h3-5H,6-7H2,1-2H3. The molecule has 1 saturated carbocycles. The van der Waals surface area contributed by atoms with Gasteiger partial charge in [0.1, 0.15) is 11.6 Å². The van der Waals surface area contributed by atoms with Gasteiger partial charge >= 0.3 is 0 Å². The largest absolute Gasteiger partial charge is 0.496 e. The van der Waals surface area contributed by atoms with Gasteiger partial charge in [-0.15, -0.1) is 0 Å². The van der Waals surface area contributed by atoms with Crippen LogP contribution in [-0.4, -0.2) is 14.2 Å². The predicted molar refractivity (Wildman–Crippen MR) is 50.9 cm³/mol. The van der Waals surface area contributed by atoms with Crippen LogP contribution in [0.5, 0.6) is 5.75 Å². The summed E-state index contributed by atoms with van der Waals surface area (Å²) in [7, 11) is 3.16. The first-order chi connectivity index (χ1) is 6.73. The quantitative estimate of drug-likeness (QED) is 0.739. The third-order valence-corrected chi connectivity index (χ3v) is 2.75. The van der Waals surface area contributed by atoms with Gasteiger partial charge < -0.3 is 9.47 Å². The average Bonchev–Trinajstić information content (AvgIpc) is 2.98. The number of ether oxygens (including phenoxy) is 2. The summed E-state index contributed by atoms with van der Waals surface area (Å²) >= 11 is 0. The number of hydrogen-bond donors (Lipinski definition) is 0. The summed E-state index contributed by atoms with van der Waals surface area (Å²) in [5.41, 5.74) is 0.126. The van der Waals surface area contributed by atoms with Crippen LogP contribution in [0.25, 0.3) is 0 Å². The molecule has 1 aliphatic carbocycles. The topological polar surface area (TPSA) is 18.5 Å². The molecule has 0 N–H and O–H groups in total. The van der Waals surface area contributed by atoms with E-state index in [-0.39, 0.29) is 5.82 Å². The van der Waals surface area contributed by atoms with Gasteiger partial charge in [-0.3, -0.25) is 0 Å². The molecular weight excluding hydrogens is 183 g/mol. The van der Waals surface area contributed by atoms with Crippen LogP contribution in [0.2, 0.25) is 0 Å². The van der Waals surface area contributed by atoms with Crippen LogP contribution in [0.1, 0.15) is 18.4 Å². The molecule has 3 heteroatoms. The summed E-state index contributed by atoms with van der Waals surface area (Å²) in [5.74, 6) is 0.327. The first kappa shape index (κ1) is 9.46. The van der Waals surface area contributed by atoms with E-state index in [0.29, 0.717) is 11.3 Å². The highest BCUT2D eigenvalue weighted by Crippen LogP contribution is 2.52. The lowest BCUT2D eigenvalue weighted by molar-refractivity contribution is 0.0732. The van der Waals surface area contributed by atoms with Crippen molar-refractivity contribution in [3.8, 4) is 5.75 Å². The van der Waals surface area contributed by atoms with Crippen molar-refractivity contribution >= 4 is 0 Å². The second kappa shape index (κ2) is 3.24. The van der Waals surface area contributed by atoms with E-state index in [4.69, 9.17) is 9.47 Å². The first-order valence-electron chi connectivity index (χ1n) is 4.61. The summed E-state index contributed by atoms with van der Waals surface area (Å²) < 4.78 is 24.1. The van der Waals surface area contributed by atoms with Crippen LogP contribution >= 0.6 is 0 Å². The van der Waals surface area contributed by atoms with Crippen LogP contribution in [0.3, 0.4) is 0 Å². The van der Waals surface area contributed by atoms with Crippen molar-refractivity contribution in [2.45, 2.75) is 18.4 Å². The van der Waals surface area contributed by atoms with Gasteiger partial charge in [0.05, 0.1) is 18.3 Å². The molecule has 2 nitrogen and oxygen atoms in total. The van der Waals surface area contributed by atoms with E-state index in [1.807, 2.05) is 0 Å². The maximum Gasteiger partial charge on any atom is 0.133 e. The molecule has 1 aliphatic rings. The SMILES string of the molecule is COc1cccc(F)c1C1(OC)CC1. The molecule has 0 heterocycles. The fourth-order valence-corrected chi connectivity index (χ4v) is 1.79. The van der Waals surface area contributed by atoms with E-state index in [1.165, 1.54) is 6.07 Å². The monoisotopic (exact) mass is 196 g/mol. The average molecular weight is 196 g/mol. The zero-order chi connectivity index (χ0) is 10.2. The summed E-state index contributed by atoms with van der Waals surface area (Å²) in [6.45, 7) is 0. The van der Waals surface area contributed by atoms with E-state index in [9.17, 15) is 4.39 Å². The van der Waals surface area contributed by atoms with E-state index in [1.54, 1.807) is 26.4 Å². The van der Waals surface area contributed by atoms with Crippen molar-refractivity contribution in [1.29, 1.82) is 0 Å². The van der Waals surface area contributed by atoms with Gasteiger partial charge in [-0.05, 0) is 25.0 Å². The van der Waals surface area contributed by atoms with E-state index in [0.717, 1.165) is 12.8 Å². The maximum absolute atomic E-state index is 13.6. The fraction of sp³-hybridized carbons (Fsp3) is 0.455. The molecule has 76 valence electrons. The minimum Gasteiger partial charge on any atom is -0.496 e. The second-order valence-corrected chi connectivity index (χ2v) is 3.52. The molecule has 0 amide bonds. The Hall–Kier alpha value is -1.09. The molecule has 0 aliphatic heterocycles. The molecule has 0 saturated heterocycles. The maximum atomic E-state index is 13.6. The lowest BCUT2D eigenvalue weighted by Crippen LogP contribution is -2.13. The zero-order valence-electron chi connectivity index (χ0n) is 8.34. The molecule has 0 unspecified atom stereocenters. The summed E-state index contributed by atoms with van der Waals surface area (Å²) in [5, 5.41) is 0. The van der Waals surface area contributed by atoms with E-state index in [2.05, 4.69) is 0 Å². The summed E-state index contributed by atoms with van der Waals surface area (Å²) in [4.78, 5) is 0. The highest BCUT2D eigenvalue weighted by atomic mass is 19.1. The summed E-state index contributed by atoms with van der Waals surface area (Å²) in [6.07, 6.45) is 1.72. The Labute approximate surface area is 82.6 Å². The molecule has 1 aromatic carbocycles. The van der Waals surface area contributed by atoms with Crippen molar-refractivity contribution < 1.29 is 13.9 Å². The van der Waals surface area contributed by atoms with Crippen molar-refractivity contribution in [2.75, 3.05) is 14.2 Å². The van der Waals surface area contributed by atoms with Crippen LogP contribution in [0, 0.1) is 5.82 Å². The normalized spacial score (nSPS) is 17.9. The smallest absolute Gasteiger partial charge is 0.133 e. The van der Waals surface area contributed by atoms with Gasteiger partial charge in [0.25, 0.3) is 0 Å². The van der Waals surface area contributed by atoms with Gasteiger partial charge in [-0.2, -0.15) is 0 Å². The van der Waals surface area contributed by atoms with Gasteiger partial charge in [-0.25, -0.2) is 4.39 Å². The third kappa shape index (κ3) is 1.28. The first-order valence-corrected chi connectivity index (χ1v) is 4.61. The molecule has 1 aromatic rings. The third-order valence-electron chi connectivity index (χ3n) is 2.75. The number of hydrogen-bond acceptors (Lipinski definition) is 2. The van der Waals surface area contributed by atoms with E-state index >= 15 is 0 Å². The van der Waals surface area contributed by atoms with Gasteiger partial charge in [0, 0.05) is 7.11 Å². The Morgan fingerprint density at radius 1 is 1.29 bits per heavy atom. The van der Waals surface area contributed by atoms with Crippen molar-refractivity contribution in [1.82, 2.24) is 0 Å². The molecule has 0 atom stereocenters. The summed E-state index contributed by atoms with van der Waals surface area (Å²) in [6, 6.07) is 4.85. The Morgan fingerprint density at radius 3 is 2.50 bits per heavy atom. The minimum atomic E-state index is -0.434. The van der Waals surface area contributed by atoms with Gasteiger partial charge in [-0.1, -0.05) is 6.07 Å². The zero-order valence-corrected chi connectivity index (χ0v) is 8.34. The van der Waals surface area contributed by atoms with Crippen molar-refractivity contribution in [2.24, 2.45) is 0 Å². The van der Waals surface area contributed by atoms with Crippen molar-refractivity contribution in [3.63, 3.8) is 0 Å².